The Kier molecular flexibility index (Phi) is 5.01. The summed E-state index contributed by atoms with van der Waals surface area (Å²) in [6.07, 6.45) is 2.02. The van der Waals surface area contributed by atoms with Gasteiger partial charge in [-0.15, -0.1) is 0 Å². The average Bonchev–Trinajstić information content (AvgIpc) is 2.89. The number of nitrogens with one attached hydrogen (secondary N) is 1. The summed E-state index contributed by atoms with van der Waals surface area (Å²) in [6.45, 7) is 3.64. The SMILES string of the molecule is CC(NCC1CCCO1)C(O)c1ccc(Cl)cc1. The van der Waals surface area contributed by atoms with Crippen LogP contribution in [0.2, 0.25) is 5.02 Å². The van der Waals surface area contributed by atoms with Gasteiger partial charge in [-0.05, 0) is 37.5 Å². The minimum absolute atomic E-state index is 0.00428. The van der Waals surface area contributed by atoms with Gasteiger partial charge < -0.3 is 15.2 Å². The van der Waals surface area contributed by atoms with Crippen molar-refractivity contribution < 1.29 is 9.84 Å². The summed E-state index contributed by atoms with van der Waals surface area (Å²) in [5, 5.41) is 14.2. The molecule has 2 rings (SSSR count). The number of aliphatic hydroxyl groups is 1. The standard InChI is InChI=1S/C14H20ClNO2/c1-10(16-9-13-3-2-8-18-13)14(17)11-4-6-12(15)7-5-11/h4-7,10,13-14,16-17H,2-3,8-9H2,1H3. The molecule has 0 spiro atoms. The normalized spacial score (nSPS) is 22.9. The van der Waals surface area contributed by atoms with Crippen molar-refractivity contribution in [1.29, 1.82) is 0 Å². The van der Waals surface area contributed by atoms with E-state index in [-0.39, 0.29) is 6.04 Å². The quantitative estimate of drug-likeness (QED) is 0.863. The average molecular weight is 270 g/mol. The van der Waals surface area contributed by atoms with Gasteiger partial charge in [-0.2, -0.15) is 0 Å². The molecule has 1 aliphatic heterocycles. The molecule has 3 unspecified atom stereocenters. The minimum Gasteiger partial charge on any atom is -0.387 e. The third-order valence-corrected chi connectivity index (χ3v) is 3.63. The monoisotopic (exact) mass is 269 g/mol. The van der Waals surface area contributed by atoms with Crippen LogP contribution in [0.15, 0.2) is 24.3 Å². The topological polar surface area (TPSA) is 41.5 Å². The second kappa shape index (κ2) is 6.53. The largest absolute Gasteiger partial charge is 0.387 e. The summed E-state index contributed by atoms with van der Waals surface area (Å²) in [5.74, 6) is 0. The van der Waals surface area contributed by atoms with Gasteiger partial charge in [0, 0.05) is 24.2 Å². The predicted molar refractivity (Wildman–Crippen MR) is 72.9 cm³/mol. The molecule has 0 aromatic heterocycles. The van der Waals surface area contributed by atoms with Gasteiger partial charge in [0.2, 0.25) is 0 Å². The Hall–Kier alpha value is -0.610. The Balaban J connectivity index is 1.83. The van der Waals surface area contributed by atoms with Gasteiger partial charge in [0.25, 0.3) is 0 Å². The molecule has 0 bridgehead atoms. The lowest BCUT2D eigenvalue weighted by molar-refractivity contribution is 0.0910. The zero-order valence-electron chi connectivity index (χ0n) is 10.6. The fourth-order valence-electron chi connectivity index (χ4n) is 2.18. The Morgan fingerprint density at radius 1 is 1.44 bits per heavy atom. The Labute approximate surface area is 113 Å². The van der Waals surface area contributed by atoms with Gasteiger partial charge in [-0.1, -0.05) is 23.7 Å². The van der Waals surface area contributed by atoms with Crippen LogP contribution in [0.25, 0.3) is 0 Å². The first-order chi connectivity index (χ1) is 8.66. The molecule has 0 radical (unpaired) electrons. The fraction of sp³-hybridized carbons (Fsp3) is 0.571. The van der Waals surface area contributed by atoms with Crippen molar-refractivity contribution in [2.45, 2.75) is 38.0 Å². The summed E-state index contributed by atoms with van der Waals surface area (Å²) in [7, 11) is 0. The van der Waals surface area contributed by atoms with E-state index >= 15 is 0 Å². The van der Waals surface area contributed by atoms with Crippen molar-refractivity contribution in [2.75, 3.05) is 13.2 Å². The Morgan fingerprint density at radius 3 is 2.78 bits per heavy atom. The molecule has 4 heteroatoms. The maximum absolute atomic E-state index is 10.2. The number of aliphatic hydroxyl groups excluding tert-OH is 1. The molecule has 0 aliphatic carbocycles. The molecule has 1 saturated heterocycles. The highest BCUT2D eigenvalue weighted by atomic mass is 35.5. The van der Waals surface area contributed by atoms with Gasteiger partial charge >= 0.3 is 0 Å². The smallest absolute Gasteiger partial charge is 0.0940 e. The van der Waals surface area contributed by atoms with E-state index in [2.05, 4.69) is 5.32 Å². The summed E-state index contributed by atoms with van der Waals surface area (Å²) in [4.78, 5) is 0. The van der Waals surface area contributed by atoms with Gasteiger partial charge in [-0.3, -0.25) is 0 Å². The summed E-state index contributed by atoms with van der Waals surface area (Å²) in [6, 6.07) is 7.31. The van der Waals surface area contributed by atoms with Crippen molar-refractivity contribution >= 4 is 11.6 Å². The zero-order valence-corrected chi connectivity index (χ0v) is 11.4. The van der Waals surface area contributed by atoms with Crippen molar-refractivity contribution in [3.63, 3.8) is 0 Å². The summed E-state index contributed by atoms with van der Waals surface area (Å²) < 4.78 is 5.54. The molecule has 18 heavy (non-hydrogen) atoms. The number of benzene rings is 1. The van der Waals surface area contributed by atoms with Gasteiger partial charge in [0.1, 0.15) is 0 Å². The molecule has 3 nitrogen and oxygen atoms in total. The van der Waals surface area contributed by atoms with E-state index in [0.29, 0.717) is 11.1 Å². The van der Waals surface area contributed by atoms with Gasteiger partial charge in [0.05, 0.1) is 12.2 Å². The minimum atomic E-state index is -0.524. The van der Waals surface area contributed by atoms with Crippen molar-refractivity contribution in [3.05, 3.63) is 34.9 Å². The zero-order chi connectivity index (χ0) is 13.0. The molecular weight excluding hydrogens is 250 g/mol. The fourth-order valence-corrected chi connectivity index (χ4v) is 2.31. The highest BCUT2D eigenvalue weighted by Gasteiger charge is 2.20. The molecular formula is C14H20ClNO2. The summed E-state index contributed by atoms with van der Waals surface area (Å²) >= 11 is 5.83. The molecule has 1 heterocycles. The van der Waals surface area contributed by atoms with E-state index in [9.17, 15) is 5.11 Å². The van der Waals surface area contributed by atoms with E-state index < -0.39 is 6.10 Å². The lowest BCUT2D eigenvalue weighted by Gasteiger charge is -2.22. The number of rotatable bonds is 5. The second-order valence-electron chi connectivity index (χ2n) is 4.83. The molecule has 100 valence electrons. The predicted octanol–water partition coefficient (Wildman–Crippen LogP) is 2.53. The third-order valence-electron chi connectivity index (χ3n) is 3.38. The number of ether oxygens (including phenoxy) is 1. The summed E-state index contributed by atoms with van der Waals surface area (Å²) in [5.41, 5.74) is 0.881. The van der Waals surface area contributed by atoms with Gasteiger partial charge in [-0.25, -0.2) is 0 Å². The Bertz CT molecular complexity index is 363. The lowest BCUT2D eigenvalue weighted by Crippen LogP contribution is -2.37. The first-order valence-electron chi connectivity index (χ1n) is 6.45. The van der Waals surface area contributed by atoms with Crippen LogP contribution in [0, 0.1) is 0 Å². The third kappa shape index (κ3) is 3.69. The van der Waals surface area contributed by atoms with Crippen molar-refractivity contribution in [2.24, 2.45) is 0 Å². The molecule has 0 saturated carbocycles. The van der Waals surface area contributed by atoms with Crippen molar-refractivity contribution in [3.8, 4) is 0 Å². The molecule has 1 aromatic carbocycles. The number of hydrogen-bond donors (Lipinski definition) is 2. The highest BCUT2D eigenvalue weighted by Crippen LogP contribution is 2.19. The molecule has 1 fully saturated rings. The van der Waals surface area contributed by atoms with Crippen LogP contribution < -0.4 is 5.32 Å². The highest BCUT2D eigenvalue weighted by molar-refractivity contribution is 6.30. The molecule has 2 N–H and O–H groups in total. The molecule has 1 aromatic rings. The Morgan fingerprint density at radius 2 is 2.17 bits per heavy atom. The van der Waals surface area contributed by atoms with E-state index in [0.717, 1.165) is 31.6 Å². The van der Waals surface area contributed by atoms with Crippen molar-refractivity contribution in [1.82, 2.24) is 5.32 Å². The number of halogens is 1. The number of hydrogen-bond acceptors (Lipinski definition) is 3. The first-order valence-corrected chi connectivity index (χ1v) is 6.83. The maximum Gasteiger partial charge on any atom is 0.0940 e. The van der Waals surface area contributed by atoms with Crippen LogP contribution in [0.3, 0.4) is 0 Å². The van der Waals surface area contributed by atoms with Crippen LogP contribution in [0.1, 0.15) is 31.4 Å². The van der Waals surface area contributed by atoms with E-state index in [4.69, 9.17) is 16.3 Å². The molecule has 0 amide bonds. The van der Waals surface area contributed by atoms with Crippen LogP contribution in [0.4, 0.5) is 0 Å². The van der Waals surface area contributed by atoms with Crippen LogP contribution in [-0.4, -0.2) is 30.4 Å². The van der Waals surface area contributed by atoms with Gasteiger partial charge in [0.15, 0.2) is 0 Å². The second-order valence-corrected chi connectivity index (χ2v) is 5.26. The van der Waals surface area contributed by atoms with Crippen LogP contribution in [0.5, 0.6) is 0 Å². The van der Waals surface area contributed by atoms with Crippen LogP contribution in [-0.2, 0) is 4.74 Å². The molecule has 3 atom stereocenters. The van der Waals surface area contributed by atoms with E-state index in [1.54, 1.807) is 12.1 Å². The lowest BCUT2D eigenvalue weighted by atomic mass is 10.0. The van der Waals surface area contributed by atoms with E-state index in [1.807, 2.05) is 19.1 Å². The maximum atomic E-state index is 10.2. The first kappa shape index (κ1) is 13.8. The van der Waals surface area contributed by atoms with Crippen LogP contribution >= 0.6 is 11.6 Å². The molecule has 1 aliphatic rings. The van der Waals surface area contributed by atoms with E-state index in [1.165, 1.54) is 0 Å².